The Morgan fingerprint density at radius 3 is 2.77 bits per heavy atom. The third-order valence-electron chi connectivity index (χ3n) is 3.15. The molecule has 22 heavy (non-hydrogen) atoms. The van der Waals surface area contributed by atoms with Crippen LogP contribution in [0.1, 0.15) is 29.9 Å². The molecule has 5 heteroatoms. The summed E-state index contributed by atoms with van der Waals surface area (Å²) < 4.78 is 10.8. The highest BCUT2D eigenvalue weighted by Gasteiger charge is 2.12. The van der Waals surface area contributed by atoms with Gasteiger partial charge >= 0.3 is 5.97 Å². The second kappa shape index (κ2) is 8.96. The van der Waals surface area contributed by atoms with Gasteiger partial charge in [-0.1, -0.05) is 30.3 Å². The number of ether oxygens (including phenoxy) is 1. The molecule has 118 valence electrons. The Labute approximate surface area is 139 Å². The summed E-state index contributed by atoms with van der Waals surface area (Å²) >= 11 is 3.36. The van der Waals surface area contributed by atoms with E-state index in [1.54, 1.807) is 29.8 Å². The second-order valence-electron chi connectivity index (χ2n) is 4.80. The lowest BCUT2D eigenvalue weighted by atomic mass is 10.2. The molecule has 1 atom stereocenters. The van der Waals surface area contributed by atoms with Gasteiger partial charge in [0, 0.05) is 10.6 Å². The van der Waals surface area contributed by atoms with Crippen LogP contribution in [0.5, 0.6) is 0 Å². The maximum absolute atomic E-state index is 11.7. The molecule has 2 aromatic rings. The van der Waals surface area contributed by atoms with Crippen molar-refractivity contribution in [2.75, 3.05) is 12.0 Å². The Bertz CT molecular complexity index is 581. The van der Waals surface area contributed by atoms with E-state index in [1.807, 2.05) is 36.6 Å². The molecule has 0 spiro atoms. The Morgan fingerprint density at radius 1 is 1.32 bits per heavy atom. The van der Waals surface area contributed by atoms with Crippen LogP contribution in [-0.4, -0.2) is 18.0 Å². The van der Waals surface area contributed by atoms with Gasteiger partial charge in [0.25, 0.3) is 0 Å². The first-order valence-corrected chi connectivity index (χ1v) is 9.40. The van der Waals surface area contributed by atoms with Crippen molar-refractivity contribution in [2.45, 2.75) is 30.1 Å². The predicted molar refractivity (Wildman–Crippen MR) is 92.2 cm³/mol. The quantitative estimate of drug-likeness (QED) is 0.505. The van der Waals surface area contributed by atoms with E-state index in [4.69, 9.17) is 9.15 Å². The van der Waals surface area contributed by atoms with Crippen LogP contribution in [0.15, 0.2) is 52.0 Å². The first-order chi connectivity index (χ1) is 10.7. The zero-order valence-electron chi connectivity index (χ0n) is 12.8. The fourth-order valence-corrected chi connectivity index (χ4v) is 3.17. The van der Waals surface area contributed by atoms with E-state index in [2.05, 4.69) is 13.0 Å². The van der Waals surface area contributed by atoms with Crippen molar-refractivity contribution < 1.29 is 13.9 Å². The van der Waals surface area contributed by atoms with Crippen LogP contribution in [0, 0.1) is 0 Å². The topological polar surface area (TPSA) is 39.4 Å². The molecular weight excluding hydrogens is 316 g/mol. The number of esters is 1. The summed E-state index contributed by atoms with van der Waals surface area (Å²) in [4.78, 5) is 12.9. The van der Waals surface area contributed by atoms with Crippen molar-refractivity contribution in [3.63, 3.8) is 0 Å². The highest BCUT2D eigenvalue weighted by molar-refractivity contribution is 7.99. The van der Waals surface area contributed by atoms with Crippen LogP contribution in [0.3, 0.4) is 0 Å². The minimum Gasteiger partial charge on any atom is -0.467 e. The molecule has 3 nitrogen and oxygen atoms in total. The number of hydrogen-bond acceptors (Lipinski definition) is 5. The van der Waals surface area contributed by atoms with Crippen LogP contribution >= 0.6 is 23.5 Å². The second-order valence-corrected chi connectivity index (χ2v) is 7.13. The molecule has 0 aliphatic carbocycles. The molecule has 0 amide bonds. The monoisotopic (exact) mass is 336 g/mol. The lowest BCUT2D eigenvalue weighted by Gasteiger charge is -2.08. The van der Waals surface area contributed by atoms with Gasteiger partial charge in [-0.2, -0.15) is 11.8 Å². The molecule has 0 fully saturated rings. The third kappa shape index (κ3) is 5.46. The smallest absolute Gasteiger partial charge is 0.306 e. The molecule has 0 aliphatic rings. The number of thioether (sulfide) groups is 2. The van der Waals surface area contributed by atoms with E-state index in [1.165, 1.54) is 0 Å². The highest BCUT2D eigenvalue weighted by atomic mass is 32.2. The van der Waals surface area contributed by atoms with Crippen molar-refractivity contribution in [3.8, 4) is 0 Å². The molecule has 0 saturated heterocycles. The minimum atomic E-state index is -0.159. The van der Waals surface area contributed by atoms with Crippen molar-refractivity contribution in [1.29, 1.82) is 0 Å². The van der Waals surface area contributed by atoms with Gasteiger partial charge in [0.2, 0.25) is 0 Å². The summed E-state index contributed by atoms with van der Waals surface area (Å²) in [6.07, 6.45) is 4.21. The third-order valence-corrected chi connectivity index (χ3v) is 5.01. The first-order valence-electron chi connectivity index (χ1n) is 7.12. The molecule has 0 radical (unpaired) electrons. The zero-order chi connectivity index (χ0) is 15.8. The number of carbonyl (C=O) groups excluding carboxylic acids is 1. The van der Waals surface area contributed by atoms with E-state index in [0.717, 1.165) is 22.0 Å². The molecule has 1 aromatic heterocycles. The maximum Gasteiger partial charge on any atom is 0.306 e. The Kier molecular flexibility index (Phi) is 6.93. The molecule has 0 aliphatic heterocycles. The number of furan rings is 1. The predicted octanol–water partition coefficient (Wildman–Crippen LogP) is 4.93. The molecule has 1 aromatic carbocycles. The normalized spacial score (nSPS) is 12.1. The molecule has 1 unspecified atom stereocenters. The molecule has 0 saturated carbocycles. The summed E-state index contributed by atoms with van der Waals surface area (Å²) in [5.74, 6) is 1.52. The van der Waals surface area contributed by atoms with Gasteiger partial charge in [-0.05, 0) is 24.8 Å². The van der Waals surface area contributed by atoms with Crippen LogP contribution in [0.25, 0.3) is 0 Å². The van der Waals surface area contributed by atoms with E-state index >= 15 is 0 Å². The lowest BCUT2D eigenvalue weighted by molar-refractivity contribution is -0.144. The van der Waals surface area contributed by atoms with Gasteiger partial charge in [0.1, 0.15) is 18.6 Å². The molecule has 0 bridgehead atoms. The molecule has 1 heterocycles. The van der Waals surface area contributed by atoms with E-state index in [0.29, 0.717) is 13.0 Å². The fraction of sp³-hybridized carbons (Fsp3) is 0.353. The SMILES string of the molecule is CSc1coc(C(C)SCCC(=O)OCc2ccccc2)c1. The largest absolute Gasteiger partial charge is 0.467 e. The summed E-state index contributed by atoms with van der Waals surface area (Å²) in [5, 5.41) is 0.239. The molecule has 2 rings (SSSR count). The van der Waals surface area contributed by atoms with Crippen molar-refractivity contribution >= 4 is 29.5 Å². The average molecular weight is 336 g/mol. The maximum atomic E-state index is 11.7. The van der Waals surface area contributed by atoms with Gasteiger partial charge in [-0.15, -0.1) is 11.8 Å². The Balaban J connectivity index is 1.66. The van der Waals surface area contributed by atoms with Crippen molar-refractivity contribution in [2.24, 2.45) is 0 Å². The summed E-state index contributed by atoms with van der Waals surface area (Å²) in [6, 6.07) is 11.8. The van der Waals surface area contributed by atoms with Gasteiger partial charge in [0.15, 0.2) is 0 Å². The Hall–Kier alpha value is -1.33. The van der Waals surface area contributed by atoms with E-state index in [-0.39, 0.29) is 11.2 Å². The highest BCUT2D eigenvalue weighted by Crippen LogP contribution is 2.32. The van der Waals surface area contributed by atoms with Crippen molar-refractivity contribution in [1.82, 2.24) is 0 Å². The molecule has 0 N–H and O–H groups in total. The lowest BCUT2D eigenvalue weighted by Crippen LogP contribution is -2.06. The van der Waals surface area contributed by atoms with Crippen LogP contribution in [0.2, 0.25) is 0 Å². The number of benzene rings is 1. The van der Waals surface area contributed by atoms with Crippen LogP contribution in [-0.2, 0) is 16.1 Å². The summed E-state index contributed by atoms with van der Waals surface area (Å²) in [6.45, 7) is 2.43. The van der Waals surface area contributed by atoms with Gasteiger partial charge in [-0.25, -0.2) is 0 Å². The molecular formula is C17H20O3S2. The van der Waals surface area contributed by atoms with Gasteiger partial charge in [0.05, 0.1) is 11.7 Å². The van der Waals surface area contributed by atoms with Crippen LogP contribution < -0.4 is 0 Å². The first kappa shape index (κ1) is 17.0. The van der Waals surface area contributed by atoms with Crippen molar-refractivity contribution in [3.05, 3.63) is 54.0 Å². The van der Waals surface area contributed by atoms with Gasteiger partial charge in [-0.3, -0.25) is 4.79 Å². The average Bonchev–Trinajstić information content (AvgIpc) is 3.03. The number of carbonyl (C=O) groups is 1. The van der Waals surface area contributed by atoms with Crippen LogP contribution in [0.4, 0.5) is 0 Å². The zero-order valence-corrected chi connectivity index (χ0v) is 14.4. The summed E-state index contributed by atoms with van der Waals surface area (Å²) in [7, 11) is 0. The number of rotatable bonds is 8. The van der Waals surface area contributed by atoms with E-state index < -0.39 is 0 Å². The van der Waals surface area contributed by atoms with Gasteiger partial charge < -0.3 is 9.15 Å². The van der Waals surface area contributed by atoms with E-state index in [9.17, 15) is 4.79 Å². The number of hydrogen-bond donors (Lipinski definition) is 0. The minimum absolute atomic E-state index is 0.159. The standard InChI is InChI=1S/C17H20O3S2/c1-13(16-10-15(21-2)12-19-16)22-9-8-17(18)20-11-14-6-4-3-5-7-14/h3-7,10,12-13H,8-9,11H2,1-2H3. The fourth-order valence-electron chi connectivity index (χ4n) is 1.87. The summed E-state index contributed by atoms with van der Waals surface area (Å²) in [5.41, 5.74) is 1.01. The Morgan fingerprint density at radius 2 is 2.09 bits per heavy atom.